The van der Waals surface area contributed by atoms with Gasteiger partial charge < -0.3 is 5.32 Å². The molecule has 1 saturated heterocycles. The molecule has 1 aromatic rings. The molecule has 2 N–H and O–H groups in total. The van der Waals surface area contributed by atoms with Crippen LogP contribution in [0.2, 0.25) is 5.02 Å². The van der Waals surface area contributed by atoms with Gasteiger partial charge in [-0.2, -0.15) is 0 Å². The lowest BCUT2D eigenvalue weighted by molar-refractivity contribution is 0.0941. The highest BCUT2D eigenvalue weighted by Crippen LogP contribution is 2.21. The third kappa shape index (κ3) is 4.23. The van der Waals surface area contributed by atoms with Crippen molar-refractivity contribution in [3.63, 3.8) is 0 Å². The van der Waals surface area contributed by atoms with Crippen molar-refractivity contribution in [3.05, 3.63) is 28.8 Å². The molecule has 8 heteroatoms. The highest BCUT2D eigenvalue weighted by Gasteiger charge is 2.24. The summed E-state index contributed by atoms with van der Waals surface area (Å²) in [6, 6.07) is 4.43. The number of halogens is 1. The van der Waals surface area contributed by atoms with E-state index in [1.54, 1.807) is 0 Å². The lowest BCUT2D eigenvalue weighted by Gasteiger charge is -2.23. The second-order valence-corrected chi connectivity index (χ2v) is 7.78. The normalized spacial score (nSPS) is 19.0. The zero-order chi connectivity index (χ0) is 17.0. The predicted octanol–water partition coefficient (Wildman–Crippen LogP) is 1.46. The van der Waals surface area contributed by atoms with Gasteiger partial charge in [-0.05, 0) is 51.2 Å². The number of amides is 1. The Labute approximate surface area is 142 Å². The van der Waals surface area contributed by atoms with Crippen LogP contribution >= 0.6 is 11.6 Å². The molecule has 128 valence electrons. The fourth-order valence-corrected chi connectivity index (χ4v) is 3.77. The average Bonchev–Trinajstić information content (AvgIpc) is 3.00. The smallest absolute Gasteiger partial charge is 0.252 e. The summed E-state index contributed by atoms with van der Waals surface area (Å²) in [5, 5.41) is 3.10. The number of carbonyl (C=O) groups excluding carboxylic acids is 1. The highest BCUT2D eigenvalue weighted by molar-refractivity contribution is 7.89. The summed E-state index contributed by atoms with van der Waals surface area (Å²) in [4.78, 5) is 14.7. The van der Waals surface area contributed by atoms with Gasteiger partial charge in [0.15, 0.2) is 0 Å². The largest absolute Gasteiger partial charge is 0.350 e. The van der Waals surface area contributed by atoms with Gasteiger partial charge in [-0.1, -0.05) is 18.5 Å². The topological polar surface area (TPSA) is 78.5 Å². The van der Waals surface area contributed by atoms with Crippen LogP contribution < -0.4 is 10.0 Å². The van der Waals surface area contributed by atoms with Crippen molar-refractivity contribution in [1.29, 1.82) is 0 Å². The number of benzene rings is 1. The van der Waals surface area contributed by atoms with E-state index in [4.69, 9.17) is 11.6 Å². The van der Waals surface area contributed by atoms with Crippen molar-refractivity contribution in [2.75, 3.05) is 26.7 Å². The van der Waals surface area contributed by atoms with E-state index < -0.39 is 10.0 Å². The van der Waals surface area contributed by atoms with Gasteiger partial charge in [-0.15, -0.1) is 0 Å². The van der Waals surface area contributed by atoms with Crippen molar-refractivity contribution in [1.82, 2.24) is 14.9 Å². The Morgan fingerprint density at radius 1 is 1.43 bits per heavy atom. The van der Waals surface area contributed by atoms with Crippen LogP contribution in [-0.4, -0.2) is 51.9 Å². The quantitative estimate of drug-likeness (QED) is 0.806. The first kappa shape index (κ1) is 18.2. The first-order chi connectivity index (χ1) is 10.9. The monoisotopic (exact) mass is 359 g/mol. The zero-order valence-corrected chi connectivity index (χ0v) is 14.9. The summed E-state index contributed by atoms with van der Waals surface area (Å²) < 4.78 is 25.9. The van der Waals surface area contributed by atoms with E-state index >= 15 is 0 Å². The van der Waals surface area contributed by atoms with E-state index in [1.165, 1.54) is 25.2 Å². The molecular weight excluding hydrogens is 338 g/mol. The fraction of sp³-hybridized carbons (Fsp3) is 0.533. The molecule has 1 atom stereocenters. The molecule has 1 aliphatic heterocycles. The minimum absolute atomic E-state index is 0.0191. The number of likely N-dealkylation sites (tertiary alicyclic amines) is 1. The Morgan fingerprint density at radius 3 is 2.83 bits per heavy atom. The molecule has 0 spiro atoms. The second-order valence-electron chi connectivity index (χ2n) is 5.48. The first-order valence-corrected chi connectivity index (χ1v) is 9.50. The lowest BCUT2D eigenvalue weighted by Crippen LogP contribution is -2.40. The van der Waals surface area contributed by atoms with E-state index in [-0.39, 0.29) is 21.4 Å². The van der Waals surface area contributed by atoms with Gasteiger partial charge >= 0.3 is 0 Å². The van der Waals surface area contributed by atoms with E-state index in [9.17, 15) is 13.2 Å². The molecule has 2 rings (SSSR count). The van der Waals surface area contributed by atoms with Crippen LogP contribution in [0.25, 0.3) is 0 Å². The Balaban J connectivity index is 2.11. The molecule has 0 radical (unpaired) electrons. The van der Waals surface area contributed by atoms with Gasteiger partial charge in [0.2, 0.25) is 10.0 Å². The number of sulfonamides is 1. The van der Waals surface area contributed by atoms with E-state index in [0.29, 0.717) is 12.6 Å². The fourth-order valence-electron chi connectivity index (χ4n) is 2.81. The van der Waals surface area contributed by atoms with Gasteiger partial charge in [-0.3, -0.25) is 9.69 Å². The van der Waals surface area contributed by atoms with Crippen LogP contribution in [0.4, 0.5) is 0 Å². The first-order valence-electron chi connectivity index (χ1n) is 7.64. The van der Waals surface area contributed by atoms with Crippen LogP contribution in [0.3, 0.4) is 0 Å². The molecule has 0 aromatic heterocycles. The number of likely N-dealkylation sites (N-methyl/N-ethyl adjacent to an activating group) is 1. The molecule has 1 fully saturated rings. The maximum atomic E-state index is 12.4. The van der Waals surface area contributed by atoms with Gasteiger partial charge in [0.05, 0.1) is 15.5 Å². The maximum Gasteiger partial charge on any atom is 0.252 e. The summed E-state index contributed by atoms with van der Waals surface area (Å²) in [6.45, 7) is 4.64. The third-order valence-electron chi connectivity index (χ3n) is 4.16. The highest BCUT2D eigenvalue weighted by atomic mass is 35.5. The minimum Gasteiger partial charge on any atom is -0.350 e. The van der Waals surface area contributed by atoms with Crippen molar-refractivity contribution < 1.29 is 13.2 Å². The molecule has 1 aromatic carbocycles. The molecule has 0 bridgehead atoms. The number of rotatable bonds is 6. The summed E-state index contributed by atoms with van der Waals surface area (Å²) in [5.74, 6) is -0.355. The summed E-state index contributed by atoms with van der Waals surface area (Å²) in [5.41, 5.74) is 0.170. The number of nitrogens with zero attached hydrogens (tertiary/aromatic N) is 1. The Kier molecular flexibility index (Phi) is 6.02. The molecular formula is C15H22ClN3O3S. The number of nitrogens with one attached hydrogen (secondary N) is 2. The molecule has 0 saturated carbocycles. The van der Waals surface area contributed by atoms with E-state index in [1.807, 2.05) is 0 Å². The van der Waals surface area contributed by atoms with E-state index in [2.05, 4.69) is 21.9 Å². The molecule has 23 heavy (non-hydrogen) atoms. The molecule has 1 unspecified atom stereocenters. The third-order valence-corrected chi connectivity index (χ3v) is 5.91. The molecule has 1 heterocycles. The van der Waals surface area contributed by atoms with Gasteiger partial charge in [0.1, 0.15) is 0 Å². The standard InChI is InChI=1S/C15H22ClN3O3S/c1-3-19-8-4-5-11(19)10-18-15(20)13-9-12(6-7-14(13)16)23(21,22)17-2/h6-7,9,11,17H,3-5,8,10H2,1-2H3,(H,18,20). The minimum atomic E-state index is -3.61. The molecule has 1 aliphatic rings. The van der Waals surface area contributed by atoms with Crippen molar-refractivity contribution >= 4 is 27.5 Å². The van der Waals surface area contributed by atoms with Crippen LogP contribution in [0, 0.1) is 0 Å². The van der Waals surface area contributed by atoms with Crippen molar-refractivity contribution in [2.24, 2.45) is 0 Å². The summed E-state index contributed by atoms with van der Waals surface area (Å²) >= 11 is 6.05. The van der Waals surface area contributed by atoms with Crippen molar-refractivity contribution in [2.45, 2.75) is 30.7 Å². The molecule has 1 amide bonds. The van der Waals surface area contributed by atoms with Crippen LogP contribution in [0.15, 0.2) is 23.1 Å². The summed E-state index contributed by atoms with van der Waals surface area (Å²) in [6.07, 6.45) is 2.18. The van der Waals surface area contributed by atoms with Gasteiger partial charge in [0, 0.05) is 12.6 Å². The van der Waals surface area contributed by atoms with Crippen LogP contribution in [0.5, 0.6) is 0 Å². The number of hydrogen-bond donors (Lipinski definition) is 2. The summed E-state index contributed by atoms with van der Waals surface area (Å²) in [7, 11) is -2.29. The SMILES string of the molecule is CCN1CCCC1CNC(=O)c1cc(S(=O)(=O)NC)ccc1Cl. The van der Waals surface area contributed by atoms with Gasteiger partial charge in [0.25, 0.3) is 5.91 Å². The number of hydrogen-bond acceptors (Lipinski definition) is 4. The molecule has 0 aliphatic carbocycles. The Morgan fingerprint density at radius 2 is 2.17 bits per heavy atom. The van der Waals surface area contributed by atoms with Crippen LogP contribution in [0.1, 0.15) is 30.1 Å². The average molecular weight is 360 g/mol. The number of carbonyl (C=O) groups is 1. The van der Waals surface area contributed by atoms with Crippen LogP contribution in [-0.2, 0) is 10.0 Å². The Bertz CT molecular complexity index is 679. The predicted molar refractivity (Wildman–Crippen MR) is 90.3 cm³/mol. The van der Waals surface area contributed by atoms with E-state index in [0.717, 1.165) is 25.9 Å². The maximum absolute atomic E-state index is 12.4. The second kappa shape index (κ2) is 7.61. The lowest BCUT2D eigenvalue weighted by atomic mass is 10.2. The zero-order valence-electron chi connectivity index (χ0n) is 13.3. The molecule has 6 nitrogen and oxygen atoms in total. The van der Waals surface area contributed by atoms with Crippen molar-refractivity contribution in [3.8, 4) is 0 Å². The Hall–Kier alpha value is -1.15. The van der Waals surface area contributed by atoms with Gasteiger partial charge in [-0.25, -0.2) is 13.1 Å².